The summed E-state index contributed by atoms with van der Waals surface area (Å²) in [7, 11) is 0. The van der Waals surface area contributed by atoms with Crippen LogP contribution in [0.4, 0.5) is 10.1 Å². The van der Waals surface area contributed by atoms with Gasteiger partial charge < -0.3 is 9.80 Å². The number of carbonyl (C=O) groups excluding carboxylic acids is 1. The molecule has 0 bridgehead atoms. The molecule has 3 nitrogen and oxygen atoms in total. The van der Waals surface area contributed by atoms with Crippen molar-refractivity contribution in [3.63, 3.8) is 0 Å². The number of halogens is 1. The Labute approximate surface area is 154 Å². The van der Waals surface area contributed by atoms with E-state index in [-0.39, 0.29) is 11.7 Å². The molecule has 2 aromatic carbocycles. The van der Waals surface area contributed by atoms with Crippen molar-refractivity contribution < 1.29 is 9.18 Å². The summed E-state index contributed by atoms with van der Waals surface area (Å²) in [5, 5.41) is 0. The van der Waals surface area contributed by atoms with Gasteiger partial charge in [-0.15, -0.1) is 0 Å². The second-order valence-corrected chi connectivity index (χ2v) is 6.92. The Bertz CT molecular complexity index is 775. The summed E-state index contributed by atoms with van der Waals surface area (Å²) in [4.78, 5) is 16.2. The molecular formula is C22H25FN2O. The minimum Gasteiger partial charge on any atom is -0.366 e. The third-order valence-electron chi connectivity index (χ3n) is 4.81. The van der Waals surface area contributed by atoms with E-state index in [4.69, 9.17) is 0 Å². The molecule has 0 aliphatic carbocycles. The zero-order chi connectivity index (χ0) is 18.5. The maximum atomic E-state index is 13.9. The zero-order valence-corrected chi connectivity index (χ0v) is 15.4. The van der Waals surface area contributed by atoms with Gasteiger partial charge in [0.05, 0.1) is 5.69 Å². The van der Waals surface area contributed by atoms with Gasteiger partial charge in [0.25, 0.3) is 0 Å². The van der Waals surface area contributed by atoms with Crippen LogP contribution in [0.25, 0.3) is 6.08 Å². The molecule has 3 rings (SSSR count). The summed E-state index contributed by atoms with van der Waals surface area (Å²) in [5.41, 5.74) is 2.92. The van der Waals surface area contributed by atoms with E-state index in [1.54, 1.807) is 18.2 Å². The summed E-state index contributed by atoms with van der Waals surface area (Å²) in [5.74, 6) is 0.295. The van der Waals surface area contributed by atoms with Crippen LogP contribution in [0, 0.1) is 5.82 Å². The van der Waals surface area contributed by atoms with Crippen molar-refractivity contribution in [2.24, 2.45) is 0 Å². The molecule has 0 unspecified atom stereocenters. The van der Waals surface area contributed by atoms with E-state index in [1.807, 2.05) is 34.1 Å². The van der Waals surface area contributed by atoms with Gasteiger partial charge in [-0.25, -0.2) is 4.39 Å². The molecule has 1 amide bonds. The number of para-hydroxylation sites is 1. The number of rotatable bonds is 4. The first kappa shape index (κ1) is 18.2. The number of piperazine rings is 1. The predicted molar refractivity (Wildman–Crippen MR) is 105 cm³/mol. The van der Waals surface area contributed by atoms with Crippen molar-refractivity contribution in [3.05, 3.63) is 71.6 Å². The molecule has 0 radical (unpaired) electrons. The van der Waals surface area contributed by atoms with E-state index < -0.39 is 0 Å². The Balaban J connectivity index is 1.56. The number of hydrogen-bond acceptors (Lipinski definition) is 2. The first-order chi connectivity index (χ1) is 12.5. The second-order valence-electron chi connectivity index (χ2n) is 6.92. The van der Waals surface area contributed by atoms with Gasteiger partial charge >= 0.3 is 0 Å². The van der Waals surface area contributed by atoms with Crippen LogP contribution in [0.5, 0.6) is 0 Å². The number of hydrogen-bond donors (Lipinski definition) is 0. The van der Waals surface area contributed by atoms with Crippen LogP contribution in [0.3, 0.4) is 0 Å². The average Bonchev–Trinajstić information content (AvgIpc) is 2.67. The van der Waals surface area contributed by atoms with Gasteiger partial charge in [-0.2, -0.15) is 0 Å². The first-order valence-electron chi connectivity index (χ1n) is 9.11. The smallest absolute Gasteiger partial charge is 0.246 e. The number of benzene rings is 2. The van der Waals surface area contributed by atoms with Crippen molar-refractivity contribution in [1.29, 1.82) is 0 Å². The Morgan fingerprint density at radius 1 is 1.00 bits per heavy atom. The lowest BCUT2D eigenvalue weighted by atomic mass is 10.0. The van der Waals surface area contributed by atoms with Crippen LogP contribution in [-0.2, 0) is 4.79 Å². The van der Waals surface area contributed by atoms with Crippen molar-refractivity contribution in [2.45, 2.75) is 19.8 Å². The average molecular weight is 352 g/mol. The molecule has 0 atom stereocenters. The molecule has 1 aliphatic rings. The summed E-state index contributed by atoms with van der Waals surface area (Å²) in [6, 6.07) is 15.1. The van der Waals surface area contributed by atoms with Crippen molar-refractivity contribution >= 4 is 17.7 Å². The molecule has 4 heteroatoms. The highest BCUT2D eigenvalue weighted by Gasteiger charge is 2.21. The quantitative estimate of drug-likeness (QED) is 0.766. The molecule has 136 valence electrons. The SMILES string of the molecule is CC(C)c1ccc(/C=C\C(=O)N2CCN(c3ccccc3F)CC2)cc1. The lowest BCUT2D eigenvalue weighted by Gasteiger charge is -2.35. The van der Waals surface area contributed by atoms with Crippen LogP contribution < -0.4 is 4.90 Å². The maximum absolute atomic E-state index is 13.9. The number of anilines is 1. The molecule has 1 heterocycles. The van der Waals surface area contributed by atoms with Gasteiger partial charge in [0.2, 0.25) is 5.91 Å². The molecule has 0 aromatic heterocycles. The lowest BCUT2D eigenvalue weighted by Crippen LogP contribution is -2.48. The fourth-order valence-corrected chi connectivity index (χ4v) is 3.14. The number of nitrogens with zero attached hydrogens (tertiary/aromatic N) is 2. The highest BCUT2D eigenvalue weighted by Crippen LogP contribution is 2.20. The zero-order valence-electron chi connectivity index (χ0n) is 15.4. The third kappa shape index (κ3) is 4.31. The van der Waals surface area contributed by atoms with Crippen LogP contribution in [0.2, 0.25) is 0 Å². The largest absolute Gasteiger partial charge is 0.366 e. The monoisotopic (exact) mass is 352 g/mol. The van der Waals surface area contributed by atoms with E-state index in [0.717, 1.165) is 5.56 Å². The van der Waals surface area contributed by atoms with E-state index in [2.05, 4.69) is 26.0 Å². The topological polar surface area (TPSA) is 23.6 Å². The van der Waals surface area contributed by atoms with Gasteiger partial charge in [0.15, 0.2) is 0 Å². The Hall–Kier alpha value is -2.62. The molecule has 2 aromatic rings. The summed E-state index contributed by atoms with van der Waals surface area (Å²) in [6.07, 6.45) is 3.48. The standard InChI is InChI=1S/C22H25FN2O/c1-17(2)19-10-7-18(8-11-19)9-12-22(26)25-15-13-24(14-16-25)21-6-4-3-5-20(21)23/h3-12,17H,13-16H2,1-2H3/b12-9-. The van der Waals surface area contributed by atoms with Crippen molar-refractivity contribution in [1.82, 2.24) is 4.90 Å². The second kappa shape index (κ2) is 8.17. The van der Waals surface area contributed by atoms with Crippen molar-refractivity contribution in [2.75, 3.05) is 31.1 Å². The van der Waals surface area contributed by atoms with Gasteiger partial charge in [0, 0.05) is 32.3 Å². The fourth-order valence-electron chi connectivity index (χ4n) is 3.14. The highest BCUT2D eigenvalue weighted by molar-refractivity contribution is 5.92. The minimum absolute atomic E-state index is 0.00567. The predicted octanol–water partition coefficient (Wildman–Crippen LogP) is 4.31. The first-order valence-corrected chi connectivity index (χ1v) is 9.11. The Kier molecular flexibility index (Phi) is 5.71. The Morgan fingerprint density at radius 3 is 2.27 bits per heavy atom. The molecule has 1 aliphatic heterocycles. The molecule has 0 spiro atoms. The molecular weight excluding hydrogens is 327 g/mol. The lowest BCUT2D eigenvalue weighted by molar-refractivity contribution is -0.126. The van der Waals surface area contributed by atoms with Crippen LogP contribution >= 0.6 is 0 Å². The summed E-state index contributed by atoms with van der Waals surface area (Å²) in [6.45, 7) is 6.81. The van der Waals surface area contributed by atoms with E-state index in [9.17, 15) is 9.18 Å². The molecule has 0 saturated carbocycles. The van der Waals surface area contributed by atoms with Crippen molar-refractivity contribution in [3.8, 4) is 0 Å². The maximum Gasteiger partial charge on any atom is 0.246 e. The van der Waals surface area contributed by atoms with Gasteiger partial charge in [0.1, 0.15) is 5.82 Å². The molecule has 1 saturated heterocycles. The minimum atomic E-state index is -0.211. The fraction of sp³-hybridized carbons (Fsp3) is 0.318. The molecule has 0 N–H and O–H groups in total. The molecule has 1 fully saturated rings. The summed E-state index contributed by atoms with van der Waals surface area (Å²) >= 11 is 0. The van der Waals surface area contributed by atoms with E-state index >= 15 is 0 Å². The summed E-state index contributed by atoms with van der Waals surface area (Å²) < 4.78 is 13.9. The van der Waals surface area contributed by atoms with Gasteiger partial charge in [-0.3, -0.25) is 4.79 Å². The normalized spacial score (nSPS) is 15.1. The van der Waals surface area contributed by atoms with Gasteiger partial charge in [-0.1, -0.05) is 50.2 Å². The third-order valence-corrected chi connectivity index (χ3v) is 4.81. The van der Waals surface area contributed by atoms with E-state index in [1.165, 1.54) is 11.6 Å². The van der Waals surface area contributed by atoms with E-state index in [0.29, 0.717) is 37.8 Å². The number of carbonyl (C=O) groups is 1. The Morgan fingerprint density at radius 2 is 1.65 bits per heavy atom. The molecule has 26 heavy (non-hydrogen) atoms. The van der Waals surface area contributed by atoms with Crippen LogP contribution in [0.15, 0.2) is 54.6 Å². The van der Waals surface area contributed by atoms with Crippen LogP contribution in [0.1, 0.15) is 30.9 Å². The highest BCUT2D eigenvalue weighted by atomic mass is 19.1. The van der Waals surface area contributed by atoms with Crippen LogP contribution in [-0.4, -0.2) is 37.0 Å². The van der Waals surface area contributed by atoms with Gasteiger partial charge in [-0.05, 0) is 35.3 Å². The number of amides is 1.